The lowest BCUT2D eigenvalue weighted by Gasteiger charge is -2.35. The highest BCUT2D eigenvalue weighted by molar-refractivity contribution is 5.92. The van der Waals surface area contributed by atoms with Crippen molar-refractivity contribution in [2.75, 3.05) is 13.2 Å². The van der Waals surface area contributed by atoms with Gasteiger partial charge in [-0.05, 0) is 63.6 Å². The lowest BCUT2D eigenvalue weighted by Crippen LogP contribution is -2.54. The van der Waals surface area contributed by atoms with Crippen LogP contribution in [0.1, 0.15) is 69.3 Å². The molecule has 0 aliphatic rings. The van der Waals surface area contributed by atoms with Crippen LogP contribution in [-0.4, -0.2) is 52.7 Å². The molecule has 0 spiro atoms. The summed E-state index contributed by atoms with van der Waals surface area (Å²) < 4.78 is 5.40. The summed E-state index contributed by atoms with van der Waals surface area (Å²) in [6.07, 6.45) is -0.373. The summed E-state index contributed by atoms with van der Waals surface area (Å²) in [5, 5.41) is 15.6. The number of hydrogen-bond donors (Lipinski definition) is 3. The van der Waals surface area contributed by atoms with E-state index in [1.165, 1.54) is 4.90 Å². The molecular weight excluding hydrogens is 482 g/mol. The summed E-state index contributed by atoms with van der Waals surface area (Å²) in [6, 6.07) is 13.3. The first kappa shape index (κ1) is 30.8. The van der Waals surface area contributed by atoms with Crippen LogP contribution in [-0.2, 0) is 20.9 Å². The monoisotopic (exact) mass is 525 g/mol. The van der Waals surface area contributed by atoms with Crippen molar-refractivity contribution in [3.05, 3.63) is 70.8 Å². The average Bonchev–Trinajstić information content (AvgIpc) is 2.82. The van der Waals surface area contributed by atoms with Gasteiger partial charge in [-0.2, -0.15) is 0 Å². The van der Waals surface area contributed by atoms with Crippen molar-refractivity contribution in [3.63, 3.8) is 0 Å². The third-order valence-electron chi connectivity index (χ3n) is 5.91. The molecule has 0 radical (unpaired) electrons. The molecule has 208 valence electrons. The van der Waals surface area contributed by atoms with Crippen LogP contribution in [0.5, 0.6) is 0 Å². The third-order valence-corrected chi connectivity index (χ3v) is 5.91. The molecule has 2 unspecified atom stereocenters. The summed E-state index contributed by atoms with van der Waals surface area (Å²) >= 11 is 0. The average molecular weight is 526 g/mol. The zero-order valence-corrected chi connectivity index (χ0v) is 23.7. The number of hydrogen-bond acceptors (Lipinski definition) is 5. The van der Waals surface area contributed by atoms with Crippen LogP contribution < -0.4 is 10.6 Å². The number of nitrogens with one attached hydrogen (secondary N) is 2. The number of nitrogens with zero attached hydrogens (tertiary/aromatic N) is 1. The number of alkyl carbamates (subject to hydrolysis) is 1. The Hall–Kier alpha value is -3.39. The van der Waals surface area contributed by atoms with E-state index in [1.807, 2.05) is 76.2 Å². The van der Waals surface area contributed by atoms with Crippen LogP contribution in [0.3, 0.4) is 0 Å². The fourth-order valence-electron chi connectivity index (χ4n) is 4.28. The Balaban J connectivity index is 2.47. The number of aliphatic hydroxyl groups is 1. The van der Waals surface area contributed by atoms with E-state index >= 15 is 0 Å². The van der Waals surface area contributed by atoms with Gasteiger partial charge in [0.15, 0.2) is 0 Å². The SMILES string of the molecule is Cc1ccc(C(C(=O)NCc2ccccc2)N(CCO)C(=O)C(CC(C)C)NC(=O)OC(C)(C)C)c(C)c1. The largest absolute Gasteiger partial charge is 0.444 e. The number of aliphatic hydroxyl groups excluding tert-OH is 1. The van der Waals surface area contributed by atoms with Gasteiger partial charge in [-0.1, -0.05) is 67.9 Å². The van der Waals surface area contributed by atoms with E-state index in [0.29, 0.717) is 12.0 Å². The Kier molecular flexibility index (Phi) is 11.3. The zero-order chi connectivity index (χ0) is 28.5. The molecule has 2 atom stereocenters. The number of carbonyl (C=O) groups is 3. The summed E-state index contributed by atoms with van der Waals surface area (Å²) in [5.41, 5.74) is 2.72. The van der Waals surface area contributed by atoms with Crippen molar-refractivity contribution in [2.24, 2.45) is 5.92 Å². The van der Waals surface area contributed by atoms with E-state index in [2.05, 4.69) is 10.6 Å². The van der Waals surface area contributed by atoms with Gasteiger partial charge in [-0.25, -0.2) is 4.79 Å². The highest BCUT2D eigenvalue weighted by atomic mass is 16.6. The molecule has 2 rings (SSSR count). The smallest absolute Gasteiger partial charge is 0.408 e. The fourth-order valence-corrected chi connectivity index (χ4v) is 4.28. The zero-order valence-electron chi connectivity index (χ0n) is 23.7. The maximum absolute atomic E-state index is 14.0. The van der Waals surface area contributed by atoms with Crippen molar-refractivity contribution >= 4 is 17.9 Å². The van der Waals surface area contributed by atoms with Crippen LogP contribution in [0, 0.1) is 19.8 Å². The first-order chi connectivity index (χ1) is 17.8. The van der Waals surface area contributed by atoms with Crippen molar-refractivity contribution in [1.82, 2.24) is 15.5 Å². The molecule has 0 aliphatic heterocycles. The molecule has 0 fully saturated rings. The van der Waals surface area contributed by atoms with Gasteiger partial charge in [0.1, 0.15) is 17.7 Å². The van der Waals surface area contributed by atoms with Gasteiger partial charge in [0, 0.05) is 13.1 Å². The van der Waals surface area contributed by atoms with Gasteiger partial charge in [-0.3, -0.25) is 9.59 Å². The predicted octanol–water partition coefficient (Wildman–Crippen LogP) is 4.42. The summed E-state index contributed by atoms with van der Waals surface area (Å²) in [5.74, 6) is -0.761. The second-order valence-electron chi connectivity index (χ2n) is 11.0. The predicted molar refractivity (Wildman–Crippen MR) is 148 cm³/mol. The normalized spacial score (nSPS) is 13.0. The molecule has 2 aromatic rings. The molecule has 0 bridgehead atoms. The molecule has 0 heterocycles. The van der Waals surface area contributed by atoms with Gasteiger partial charge in [0.2, 0.25) is 11.8 Å². The van der Waals surface area contributed by atoms with Gasteiger partial charge >= 0.3 is 6.09 Å². The Morgan fingerprint density at radius 2 is 1.68 bits per heavy atom. The minimum absolute atomic E-state index is 0.0707. The van der Waals surface area contributed by atoms with Crippen molar-refractivity contribution in [2.45, 2.75) is 79.1 Å². The van der Waals surface area contributed by atoms with E-state index in [4.69, 9.17) is 4.74 Å². The van der Waals surface area contributed by atoms with Crippen LogP contribution in [0.15, 0.2) is 48.5 Å². The summed E-state index contributed by atoms with van der Waals surface area (Å²) in [6.45, 7) is 12.8. The van der Waals surface area contributed by atoms with Crippen LogP contribution in [0.2, 0.25) is 0 Å². The maximum atomic E-state index is 14.0. The Morgan fingerprint density at radius 1 is 1.03 bits per heavy atom. The highest BCUT2D eigenvalue weighted by Gasteiger charge is 2.37. The molecule has 0 saturated carbocycles. The first-order valence-corrected chi connectivity index (χ1v) is 13.1. The number of rotatable bonds is 11. The second kappa shape index (κ2) is 14.0. The van der Waals surface area contributed by atoms with Crippen molar-refractivity contribution < 1.29 is 24.2 Å². The molecule has 8 nitrogen and oxygen atoms in total. The lowest BCUT2D eigenvalue weighted by molar-refractivity contribution is -0.143. The van der Waals surface area contributed by atoms with Crippen LogP contribution in [0.25, 0.3) is 0 Å². The van der Waals surface area contributed by atoms with Gasteiger partial charge in [0.05, 0.1) is 6.61 Å². The van der Waals surface area contributed by atoms with E-state index in [0.717, 1.165) is 16.7 Å². The fraction of sp³-hybridized carbons (Fsp3) is 0.500. The van der Waals surface area contributed by atoms with E-state index in [9.17, 15) is 19.5 Å². The van der Waals surface area contributed by atoms with Crippen LogP contribution >= 0.6 is 0 Å². The van der Waals surface area contributed by atoms with E-state index < -0.39 is 29.7 Å². The van der Waals surface area contributed by atoms with Gasteiger partial charge in [-0.15, -0.1) is 0 Å². The molecule has 8 heteroatoms. The summed E-state index contributed by atoms with van der Waals surface area (Å²) in [7, 11) is 0. The third kappa shape index (κ3) is 9.49. The molecule has 2 aromatic carbocycles. The number of ether oxygens (including phenoxy) is 1. The molecule has 0 aliphatic carbocycles. The second-order valence-corrected chi connectivity index (χ2v) is 11.0. The minimum Gasteiger partial charge on any atom is -0.444 e. The molecule has 0 saturated heterocycles. The molecule has 38 heavy (non-hydrogen) atoms. The number of amides is 3. The molecule has 3 N–H and O–H groups in total. The van der Waals surface area contributed by atoms with Gasteiger partial charge < -0.3 is 25.4 Å². The standard InChI is InChI=1S/C30H43N3O5/c1-20(2)17-25(32-29(37)38-30(5,6)7)28(36)33(15-16-34)26(24-14-13-21(3)18-22(24)4)27(35)31-19-23-11-9-8-10-12-23/h8-14,18,20,25-26,34H,15-17,19H2,1-7H3,(H,31,35)(H,32,37). The first-order valence-electron chi connectivity index (χ1n) is 13.1. The number of carbonyl (C=O) groups excluding carboxylic acids is 3. The quantitative estimate of drug-likeness (QED) is 0.403. The van der Waals surface area contributed by atoms with E-state index in [-0.39, 0.29) is 31.5 Å². The Bertz CT molecular complexity index is 1080. The number of benzene rings is 2. The molecular formula is C30H43N3O5. The minimum atomic E-state index is -1.01. The maximum Gasteiger partial charge on any atom is 0.408 e. The lowest BCUT2D eigenvalue weighted by atomic mass is 9.95. The topological polar surface area (TPSA) is 108 Å². The van der Waals surface area contributed by atoms with Crippen molar-refractivity contribution in [1.29, 1.82) is 0 Å². The molecule has 3 amide bonds. The van der Waals surface area contributed by atoms with Crippen LogP contribution in [0.4, 0.5) is 4.79 Å². The van der Waals surface area contributed by atoms with Crippen molar-refractivity contribution in [3.8, 4) is 0 Å². The summed E-state index contributed by atoms with van der Waals surface area (Å²) in [4.78, 5) is 41.7. The number of aryl methyl sites for hydroxylation is 2. The Morgan fingerprint density at radius 3 is 2.24 bits per heavy atom. The van der Waals surface area contributed by atoms with E-state index in [1.54, 1.807) is 20.8 Å². The highest BCUT2D eigenvalue weighted by Crippen LogP contribution is 2.27. The Labute approximate surface area is 226 Å². The molecule has 0 aromatic heterocycles. The van der Waals surface area contributed by atoms with Gasteiger partial charge in [0.25, 0.3) is 0 Å².